The van der Waals surface area contributed by atoms with Crippen LogP contribution in [0.15, 0.2) is 46.9 Å². The van der Waals surface area contributed by atoms with Crippen LogP contribution in [-0.4, -0.2) is 6.61 Å². The normalized spacial score (nSPS) is 11.7. The SMILES string of the molecule is N#C[C@H](CCCOc1ccc(Br)cc1)c1ccc(Cl)cc1Cl. The Balaban J connectivity index is 1.86. The predicted molar refractivity (Wildman–Crippen MR) is 93.7 cm³/mol. The summed E-state index contributed by atoms with van der Waals surface area (Å²) in [6.07, 6.45) is 1.46. The summed E-state index contributed by atoms with van der Waals surface area (Å²) in [6, 6.07) is 15.2. The second-order valence-corrected chi connectivity index (χ2v) is 6.55. The van der Waals surface area contributed by atoms with E-state index in [-0.39, 0.29) is 5.92 Å². The van der Waals surface area contributed by atoms with Crippen molar-refractivity contribution >= 4 is 39.1 Å². The van der Waals surface area contributed by atoms with Crippen LogP contribution in [0.1, 0.15) is 24.3 Å². The standard InChI is InChI=1S/C17H14BrCl2NO/c18-13-3-6-15(7-4-13)22-9-1-2-12(11-21)16-8-5-14(19)10-17(16)20/h3-8,10,12H,1-2,9H2/t12-/m0/s1. The summed E-state index contributed by atoms with van der Waals surface area (Å²) in [7, 11) is 0. The number of nitriles is 1. The summed E-state index contributed by atoms with van der Waals surface area (Å²) in [4.78, 5) is 0. The van der Waals surface area contributed by atoms with Crippen molar-refractivity contribution in [2.24, 2.45) is 0 Å². The van der Waals surface area contributed by atoms with Gasteiger partial charge in [-0.3, -0.25) is 0 Å². The molecule has 2 nitrogen and oxygen atoms in total. The van der Waals surface area contributed by atoms with Crippen molar-refractivity contribution in [3.05, 3.63) is 62.5 Å². The minimum atomic E-state index is -0.252. The van der Waals surface area contributed by atoms with Crippen molar-refractivity contribution in [3.8, 4) is 11.8 Å². The lowest BCUT2D eigenvalue weighted by Gasteiger charge is -2.12. The van der Waals surface area contributed by atoms with Crippen molar-refractivity contribution in [2.45, 2.75) is 18.8 Å². The summed E-state index contributed by atoms with van der Waals surface area (Å²) in [6.45, 7) is 0.561. The molecule has 2 rings (SSSR count). The minimum Gasteiger partial charge on any atom is -0.494 e. The van der Waals surface area contributed by atoms with Gasteiger partial charge in [-0.15, -0.1) is 0 Å². The molecule has 1 atom stereocenters. The van der Waals surface area contributed by atoms with Gasteiger partial charge in [0.15, 0.2) is 0 Å². The quantitative estimate of drug-likeness (QED) is 0.541. The lowest BCUT2D eigenvalue weighted by molar-refractivity contribution is 0.305. The average Bonchev–Trinajstić information content (AvgIpc) is 2.50. The fourth-order valence-corrected chi connectivity index (χ4v) is 2.89. The van der Waals surface area contributed by atoms with E-state index in [1.54, 1.807) is 12.1 Å². The Labute approximate surface area is 148 Å². The molecule has 0 aliphatic heterocycles. The zero-order chi connectivity index (χ0) is 15.9. The Morgan fingerprint density at radius 2 is 1.86 bits per heavy atom. The van der Waals surface area contributed by atoms with Crippen LogP contribution >= 0.6 is 39.1 Å². The first-order chi connectivity index (χ1) is 10.6. The zero-order valence-corrected chi connectivity index (χ0v) is 14.8. The maximum atomic E-state index is 9.33. The van der Waals surface area contributed by atoms with Crippen LogP contribution in [0, 0.1) is 11.3 Å². The van der Waals surface area contributed by atoms with E-state index in [9.17, 15) is 5.26 Å². The van der Waals surface area contributed by atoms with Gasteiger partial charge in [0.2, 0.25) is 0 Å². The van der Waals surface area contributed by atoms with Gasteiger partial charge in [-0.1, -0.05) is 45.2 Å². The van der Waals surface area contributed by atoms with Gasteiger partial charge in [-0.05, 0) is 54.8 Å². The Hall–Kier alpha value is -1.21. The number of rotatable bonds is 6. The lowest BCUT2D eigenvalue weighted by Crippen LogP contribution is -2.02. The van der Waals surface area contributed by atoms with Crippen LogP contribution in [-0.2, 0) is 0 Å². The van der Waals surface area contributed by atoms with Gasteiger partial charge in [0.25, 0.3) is 0 Å². The monoisotopic (exact) mass is 397 g/mol. The average molecular weight is 399 g/mol. The molecule has 114 valence electrons. The van der Waals surface area contributed by atoms with Crippen molar-refractivity contribution in [1.29, 1.82) is 5.26 Å². The van der Waals surface area contributed by atoms with Crippen LogP contribution < -0.4 is 4.74 Å². The van der Waals surface area contributed by atoms with E-state index >= 15 is 0 Å². The maximum absolute atomic E-state index is 9.33. The molecule has 0 amide bonds. The van der Waals surface area contributed by atoms with Crippen molar-refractivity contribution in [3.63, 3.8) is 0 Å². The Bertz CT molecular complexity index is 667. The largest absolute Gasteiger partial charge is 0.494 e. The summed E-state index contributed by atoms with van der Waals surface area (Å²) in [5.74, 6) is 0.569. The summed E-state index contributed by atoms with van der Waals surface area (Å²) < 4.78 is 6.67. The second kappa shape index (κ2) is 8.43. The molecule has 2 aromatic carbocycles. The number of benzene rings is 2. The summed E-state index contributed by atoms with van der Waals surface area (Å²) >= 11 is 15.4. The third-order valence-electron chi connectivity index (χ3n) is 3.21. The first-order valence-corrected chi connectivity index (χ1v) is 8.38. The highest BCUT2D eigenvalue weighted by Crippen LogP contribution is 2.30. The number of hydrogen-bond acceptors (Lipinski definition) is 2. The maximum Gasteiger partial charge on any atom is 0.119 e. The molecule has 0 aromatic heterocycles. The van der Waals surface area contributed by atoms with Gasteiger partial charge in [0.05, 0.1) is 18.6 Å². The molecule has 22 heavy (non-hydrogen) atoms. The van der Waals surface area contributed by atoms with Gasteiger partial charge >= 0.3 is 0 Å². The van der Waals surface area contributed by atoms with E-state index < -0.39 is 0 Å². The second-order valence-electron chi connectivity index (χ2n) is 4.79. The van der Waals surface area contributed by atoms with Crippen molar-refractivity contribution in [1.82, 2.24) is 0 Å². The molecule has 0 unspecified atom stereocenters. The van der Waals surface area contributed by atoms with Crippen molar-refractivity contribution < 1.29 is 4.74 Å². The highest BCUT2D eigenvalue weighted by atomic mass is 79.9. The Kier molecular flexibility index (Phi) is 6.57. The highest BCUT2D eigenvalue weighted by Gasteiger charge is 2.14. The Morgan fingerprint density at radius 1 is 1.14 bits per heavy atom. The molecular weight excluding hydrogens is 385 g/mol. The fraction of sp³-hybridized carbons (Fsp3) is 0.235. The summed E-state index contributed by atoms with van der Waals surface area (Å²) in [5, 5.41) is 10.4. The van der Waals surface area contributed by atoms with Gasteiger partial charge in [0.1, 0.15) is 5.75 Å². The van der Waals surface area contributed by atoms with Gasteiger partial charge < -0.3 is 4.74 Å². The third-order valence-corrected chi connectivity index (χ3v) is 4.30. The molecule has 2 aromatic rings. The van der Waals surface area contributed by atoms with E-state index in [1.165, 1.54) is 0 Å². The molecule has 0 radical (unpaired) electrons. The van der Waals surface area contributed by atoms with E-state index in [0.29, 0.717) is 23.1 Å². The molecule has 0 aliphatic carbocycles. The van der Waals surface area contributed by atoms with Crippen molar-refractivity contribution in [2.75, 3.05) is 6.61 Å². The lowest BCUT2D eigenvalue weighted by atomic mass is 9.96. The molecule has 0 aliphatic rings. The molecule has 0 N–H and O–H groups in total. The first kappa shape index (κ1) is 17.1. The van der Waals surface area contributed by atoms with Gasteiger partial charge in [-0.25, -0.2) is 0 Å². The molecule has 0 bridgehead atoms. The van der Waals surface area contributed by atoms with Crippen LogP contribution in [0.25, 0.3) is 0 Å². The molecule has 0 saturated carbocycles. The van der Waals surface area contributed by atoms with Crippen LogP contribution in [0.2, 0.25) is 10.0 Å². The molecule has 0 saturated heterocycles. The van der Waals surface area contributed by atoms with E-state index in [2.05, 4.69) is 22.0 Å². The Morgan fingerprint density at radius 3 is 2.50 bits per heavy atom. The van der Waals surface area contributed by atoms with Crippen LogP contribution in [0.4, 0.5) is 0 Å². The number of halogens is 3. The predicted octanol–water partition coefficient (Wildman–Crippen LogP) is 6.22. The molecule has 0 heterocycles. The third kappa shape index (κ3) is 4.91. The van der Waals surface area contributed by atoms with Crippen LogP contribution in [0.5, 0.6) is 5.75 Å². The minimum absolute atomic E-state index is 0.252. The molecule has 0 fully saturated rings. The van der Waals surface area contributed by atoms with E-state index in [4.69, 9.17) is 27.9 Å². The first-order valence-electron chi connectivity index (χ1n) is 6.83. The molecular formula is C17H14BrCl2NO. The van der Waals surface area contributed by atoms with Gasteiger partial charge in [-0.2, -0.15) is 5.26 Å². The smallest absolute Gasteiger partial charge is 0.119 e. The van der Waals surface area contributed by atoms with E-state index in [1.807, 2.05) is 30.3 Å². The highest BCUT2D eigenvalue weighted by molar-refractivity contribution is 9.10. The zero-order valence-electron chi connectivity index (χ0n) is 11.7. The topological polar surface area (TPSA) is 33.0 Å². The van der Waals surface area contributed by atoms with Crippen LogP contribution in [0.3, 0.4) is 0 Å². The molecule has 5 heteroatoms. The number of hydrogen-bond donors (Lipinski definition) is 0. The fourth-order valence-electron chi connectivity index (χ4n) is 2.08. The van der Waals surface area contributed by atoms with E-state index in [0.717, 1.165) is 22.2 Å². The number of nitrogens with zero attached hydrogens (tertiary/aromatic N) is 1. The molecule has 0 spiro atoms. The van der Waals surface area contributed by atoms with Gasteiger partial charge in [0, 0.05) is 14.5 Å². The summed E-state index contributed by atoms with van der Waals surface area (Å²) in [5.41, 5.74) is 0.817. The number of ether oxygens (including phenoxy) is 1.